The quantitative estimate of drug-likeness (QED) is 0.554. The zero-order valence-corrected chi connectivity index (χ0v) is 19.6. The number of nitrogens with zero attached hydrogens (tertiary/aromatic N) is 3. The van der Waals surface area contributed by atoms with E-state index in [1.807, 2.05) is 48.3 Å². The lowest BCUT2D eigenvalue weighted by Crippen LogP contribution is -2.75. The summed E-state index contributed by atoms with van der Waals surface area (Å²) in [5.41, 5.74) is 2.33. The molecule has 1 aromatic heterocycles. The maximum Gasteiger partial charge on any atom is 0.191 e. The lowest BCUT2D eigenvalue weighted by molar-refractivity contribution is -0.0855. The maximum absolute atomic E-state index is 11.7. The lowest BCUT2D eigenvalue weighted by Gasteiger charge is -2.59. The first-order valence-electron chi connectivity index (χ1n) is 11.0. The average Bonchev–Trinajstić information content (AvgIpc) is 3.31. The number of hydrogen-bond donors (Lipinski definition) is 3. The van der Waals surface area contributed by atoms with Gasteiger partial charge in [-0.05, 0) is 53.8 Å². The summed E-state index contributed by atoms with van der Waals surface area (Å²) in [5.74, 6) is 0.249. The van der Waals surface area contributed by atoms with E-state index < -0.39 is 11.1 Å². The van der Waals surface area contributed by atoms with Crippen molar-refractivity contribution in [1.29, 1.82) is 10.7 Å². The van der Waals surface area contributed by atoms with Gasteiger partial charge in [-0.2, -0.15) is 5.26 Å². The van der Waals surface area contributed by atoms with Crippen molar-refractivity contribution >= 4 is 23.0 Å². The summed E-state index contributed by atoms with van der Waals surface area (Å²) >= 11 is 1.63. The first-order valence-corrected chi connectivity index (χ1v) is 11.9. The van der Waals surface area contributed by atoms with Crippen molar-refractivity contribution < 1.29 is 5.11 Å². The van der Waals surface area contributed by atoms with Gasteiger partial charge in [0.05, 0.1) is 17.2 Å². The molecule has 0 spiro atoms. The summed E-state index contributed by atoms with van der Waals surface area (Å²) in [6.45, 7) is 3.81. The SMILES string of the molecule is CN1CC(C2(O)CN(c3ccccc3)C2)[C@@](C)(c2cc(-c3cccc(C#N)c3)cs2)NC1=N. The molecule has 0 radical (unpaired) electrons. The molecule has 3 aromatic rings. The Kier molecular flexibility index (Phi) is 5.15. The van der Waals surface area contributed by atoms with E-state index >= 15 is 0 Å². The monoisotopic (exact) mass is 457 g/mol. The molecular formula is C26H27N5OS. The van der Waals surface area contributed by atoms with E-state index in [0.717, 1.165) is 21.7 Å². The Morgan fingerprint density at radius 3 is 2.61 bits per heavy atom. The molecule has 0 saturated carbocycles. The van der Waals surface area contributed by atoms with Gasteiger partial charge in [0.2, 0.25) is 0 Å². The molecule has 2 aromatic carbocycles. The van der Waals surface area contributed by atoms with E-state index in [2.05, 4.69) is 46.8 Å². The van der Waals surface area contributed by atoms with Crippen LogP contribution in [0.4, 0.5) is 5.69 Å². The first-order chi connectivity index (χ1) is 15.8. The predicted octanol–water partition coefficient (Wildman–Crippen LogP) is 3.84. The molecule has 0 aliphatic carbocycles. The van der Waals surface area contributed by atoms with Gasteiger partial charge in [0.25, 0.3) is 0 Å². The number of aliphatic hydroxyl groups is 1. The molecule has 5 rings (SSSR count). The van der Waals surface area contributed by atoms with Gasteiger partial charge in [0.15, 0.2) is 5.96 Å². The van der Waals surface area contributed by atoms with Crippen LogP contribution in [-0.4, -0.2) is 48.2 Å². The summed E-state index contributed by atoms with van der Waals surface area (Å²) in [6.07, 6.45) is 0. The van der Waals surface area contributed by atoms with Crippen molar-refractivity contribution in [2.75, 3.05) is 31.6 Å². The molecule has 3 heterocycles. The Balaban J connectivity index is 1.46. The smallest absolute Gasteiger partial charge is 0.191 e. The molecule has 2 atom stereocenters. The number of benzene rings is 2. The van der Waals surface area contributed by atoms with Gasteiger partial charge in [0, 0.05) is 43.2 Å². The van der Waals surface area contributed by atoms with Gasteiger partial charge in [-0.3, -0.25) is 5.41 Å². The third-order valence-electron chi connectivity index (χ3n) is 7.05. The van der Waals surface area contributed by atoms with Gasteiger partial charge < -0.3 is 20.2 Å². The van der Waals surface area contributed by atoms with E-state index in [4.69, 9.17) is 5.41 Å². The zero-order chi connectivity index (χ0) is 23.2. The molecule has 2 fully saturated rings. The lowest BCUT2D eigenvalue weighted by atomic mass is 9.68. The van der Waals surface area contributed by atoms with E-state index in [0.29, 0.717) is 31.2 Å². The number of para-hydroxylation sites is 1. The Hall–Kier alpha value is -3.34. The topological polar surface area (TPSA) is 86.4 Å². The average molecular weight is 458 g/mol. The summed E-state index contributed by atoms with van der Waals surface area (Å²) in [5, 5.41) is 35.0. The summed E-state index contributed by atoms with van der Waals surface area (Å²) in [6, 6.07) is 22.1. The highest BCUT2D eigenvalue weighted by molar-refractivity contribution is 7.10. The van der Waals surface area contributed by atoms with Crippen LogP contribution in [0.3, 0.4) is 0 Å². The largest absolute Gasteiger partial charge is 0.386 e. The van der Waals surface area contributed by atoms with Gasteiger partial charge in [0.1, 0.15) is 5.60 Å². The second kappa shape index (κ2) is 7.91. The Bertz CT molecular complexity index is 1230. The van der Waals surface area contributed by atoms with Crippen LogP contribution < -0.4 is 10.2 Å². The molecule has 168 valence electrons. The van der Waals surface area contributed by atoms with Gasteiger partial charge in [-0.15, -0.1) is 11.3 Å². The molecule has 2 aliphatic rings. The van der Waals surface area contributed by atoms with Crippen molar-refractivity contribution in [3.05, 3.63) is 76.5 Å². The van der Waals surface area contributed by atoms with Crippen LogP contribution in [-0.2, 0) is 5.54 Å². The fourth-order valence-corrected chi connectivity index (χ4v) is 6.19. The fourth-order valence-electron chi connectivity index (χ4n) is 5.10. The Labute approximate surface area is 198 Å². The number of hydrogen-bond acceptors (Lipinski definition) is 5. The molecule has 2 aliphatic heterocycles. The van der Waals surface area contributed by atoms with E-state index in [-0.39, 0.29) is 5.92 Å². The third kappa shape index (κ3) is 3.65. The molecular weight excluding hydrogens is 430 g/mol. The number of nitriles is 1. The van der Waals surface area contributed by atoms with Crippen molar-refractivity contribution in [3.63, 3.8) is 0 Å². The van der Waals surface area contributed by atoms with Crippen LogP contribution in [0.1, 0.15) is 17.4 Å². The molecule has 7 heteroatoms. The number of thiophene rings is 1. The zero-order valence-electron chi connectivity index (χ0n) is 18.7. The summed E-state index contributed by atoms with van der Waals surface area (Å²) in [7, 11) is 1.89. The van der Waals surface area contributed by atoms with Crippen LogP contribution in [0.15, 0.2) is 66.0 Å². The van der Waals surface area contributed by atoms with E-state index in [1.54, 1.807) is 17.4 Å². The molecule has 0 amide bonds. The maximum atomic E-state index is 11.7. The standard InChI is InChI=1S/C26H27N5OS/c1-25(23-12-20(15-33-23)19-8-6-7-18(11-19)13-27)22(14-30(2)24(28)29-25)26(32)16-31(17-26)21-9-4-3-5-10-21/h3-12,15,22,32H,14,16-17H2,1-2H3,(H2,28,29)/t22?,25-/m0/s1. The summed E-state index contributed by atoms with van der Waals surface area (Å²) in [4.78, 5) is 5.16. The molecule has 1 unspecified atom stereocenters. The van der Waals surface area contributed by atoms with Gasteiger partial charge >= 0.3 is 0 Å². The molecule has 0 bridgehead atoms. The van der Waals surface area contributed by atoms with E-state index in [1.165, 1.54) is 0 Å². The predicted molar refractivity (Wildman–Crippen MR) is 132 cm³/mol. The highest BCUT2D eigenvalue weighted by Crippen LogP contribution is 2.46. The normalized spacial score (nSPS) is 24.1. The summed E-state index contributed by atoms with van der Waals surface area (Å²) < 4.78 is 0. The minimum atomic E-state index is -0.878. The van der Waals surface area contributed by atoms with Gasteiger partial charge in [-0.25, -0.2) is 0 Å². The van der Waals surface area contributed by atoms with Crippen LogP contribution in [0.5, 0.6) is 0 Å². The minimum absolute atomic E-state index is 0.110. The van der Waals surface area contributed by atoms with E-state index in [9.17, 15) is 10.4 Å². The van der Waals surface area contributed by atoms with Crippen LogP contribution >= 0.6 is 11.3 Å². The van der Waals surface area contributed by atoms with Crippen LogP contribution in [0, 0.1) is 22.7 Å². The number of rotatable bonds is 4. The van der Waals surface area contributed by atoms with Crippen molar-refractivity contribution in [1.82, 2.24) is 10.2 Å². The molecule has 6 nitrogen and oxygen atoms in total. The van der Waals surface area contributed by atoms with Crippen LogP contribution in [0.2, 0.25) is 0 Å². The van der Waals surface area contributed by atoms with Crippen LogP contribution in [0.25, 0.3) is 11.1 Å². The molecule has 2 saturated heterocycles. The van der Waals surface area contributed by atoms with Crippen molar-refractivity contribution in [2.45, 2.75) is 18.1 Å². The Morgan fingerprint density at radius 2 is 1.88 bits per heavy atom. The number of β-amino-alcohol motifs (C(OH)–C–C–N with tert-alkyl or cyclic N) is 1. The number of guanidine groups is 1. The second-order valence-electron chi connectivity index (χ2n) is 9.30. The number of nitrogens with one attached hydrogen (secondary N) is 2. The number of anilines is 1. The van der Waals surface area contributed by atoms with Crippen molar-refractivity contribution in [3.8, 4) is 17.2 Å². The highest BCUT2D eigenvalue weighted by atomic mass is 32.1. The third-order valence-corrected chi connectivity index (χ3v) is 8.22. The minimum Gasteiger partial charge on any atom is -0.386 e. The molecule has 3 N–H and O–H groups in total. The van der Waals surface area contributed by atoms with Crippen molar-refractivity contribution in [2.24, 2.45) is 5.92 Å². The second-order valence-corrected chi connectivity index (χ2v) is 10.2. The first kappa shape index (κ1) is 21.5. The molecule has 33 heavy (non-hydrogen) atoms. The van der Waals surface area contributed by atoms with Gasteiger partial charge in [-0.1, -0.05) is 30.3 Å². The highest BCUT2D eigenvalue weighted by Gasteiger charge is 2.57. The fraction of sp³-hybridized carbons (Fsp3) is 0.308. The Morgan fingerprint density at radius 1 is 1.12 bits per heavy atom.